The van der Waals surface area contributed by atoms with Crippen LogP contribution in [0.1, 0.15) is 15.9 Å². The molecule has 1 rings (SSSR count). The Hall–Kier alpha value is -1.88. The molecular weight excluding hydrogens is 271 g/mol. The van der Waals surface area contributed by atoms with Crippen LogP contribution in [0.4, 0.5) is 13.2 Å². The molecular formula is C10H6F3NO3S. The Morgan fingerprint density at radius 1 is 1.44 bits per heavy atom. The molecule has 1 aromatic rings. The average molecular weight is 277 g/mol. The molecule has 0 atom stereocenters. The largest absolute Gasteiger partial charge is 0.573 e. The summed E-state index contributed by atoms with van der Waals surface area (Å²) in [7, 11) is 1.04. The highest BCUT2D eigenvalue weighted by Gasteiger charge is 2.32. The van der Waals surface area contributed by atoms with Crippen LogP contribution in [0.5, 0.6) is 5.75 Å². The van der Waals surface area contributed by atoms with Crippen molar-refractivity contribution in [2.45, 2.75) is 11.3 Å². The predicted octanol–water partition coefficient (Wildman–Crippen LogP) is 2.53. The molecule has 0 aliphatic carbocycles. The lowest BCUT2D eigenvalue weighted by Crippen LogP contribution is -2.18. The second-order valence-electron chi connectivity index (χ2n) is 3.02. The summed E-state index contributed by atoms with van der Waals surface area (Å²) in [6.07, 6.45) is -4.92. The van der Waals surface area contributed by atoms with Gasteiger partial charge >= 0.3 is 12.3 Å². The van der Waals surface area contributed by atoms with Crippen LogP contribution in [-0.2, 0) is 4.74 Å². The molecule has 0 unspecified atom stereocenters. The van der Waals surface area contributed by atoms with E-state index in [9.17, 15) is 18.0 Å². The number of alkyl halides is 3. The molecule has 0 fully saturated rings. The van der Waals surface area contributed by atoms with Crippen LogP contribution in [0.3, 0.4) is 0 Å². The van der Waals surface area contributed by atoms with Crippen molar-refractivity contribution >= 4 is 18.6 Å². The van der Waals surface area contributed by atoms with Crippen LogP contribution in [0, 0.1) is 11.3 Å². The Morgan fingerprint density at radius 3 is 2.50 bits per heavy atom. The van der Waals surface area contributed by atoms with Crippen LogP contribution in [0.15, 0.2) is 17.0 Å². The van der Waals surface area contributed by atoms with Gasteiger partial charge in [-0.05, 0) is 12.1 Å². The molecule has 0 N–H and O–H groups in total. The van der Waals surface area contributed by atoms with E-state index in [0.717, 1.165) is 19.2 Å². The molecule has 0 radical (unpaired) electrons. The van der Waals surface area contributed by atoms with Crippen LogP contribution in [0.25, 0.3) is 0 Å². The second kappa shape index (κ2) is 5.18. The topological polar surface area (TPSA) is 59.3 Å². The Labute approximate surface area is 105 Å². The van der Waals surface area contributed by atoms with E-state index in [1.807, 2.05) is 0 Å². The quantitative estimate of drug-likeness (QED) is 0.666. The summed E-state index contributed by atoms with van der Waals surface area (Å²) in [4.78, 5) is 11.1. The number of thiol groups is 1. The van der Waals surface area contributed by atoms with Crippen LogP contribution in [-0.4, -0.2) is 19.4 Å². The molecule has 0 saturated carbocycles. The maximum absolute atomic E-state index is 12.1. The molecule has 0 aliphatic heterocycles. The number of hydrogen-bond donors (Lipinski definition) is 1. The third kappa shape index (κ3) is 3.30. The summed E-state index contributed by atoms with van der Waals surface area (Å²) in [5.41, 5.74) is -0.474. The number of halogens is 3. The number of methoxy groups -OCH3 is 1. The Kier molecular flexibility index (Phi) is 4.08. The highest BCUT2D eigenvalue weighted by atomic mass is 32.1. The van der Waals surface area contributed by atoms with E-state index in [2.05, 4.69) is 22.1 Å². The summed E-state index contributed by atoms with van der Waals surface area (Å²) in [5, 5.41) is 8.76. The predicted molar refractivity (Wildman–Crippen MR) is 56.4 cm³/mol. The number of carbonyl (C=O) groups is 1. The maximum Gasteiger partial charge on any atom is 0.573 e. The minimum atomic E-state index is -4.92. The standard InChI is InChI=1S/C10H6F3NO3S/c1-16-9(15)6-3-7(17-10(11,12)13)8(18)2-5(6)4-14/h2-3,18H,1H3. The lowest BCUT2D eigenvalue weighted by Gasteiger charge is -2.12. The molecule has 0 bridgehead atoms. The van der Waals surface area contributed by atoms with Crippen molar-refractivity contribution in [3.8, 4) is 11.8 Å². The van der Waals surface area contributed by atoms with Crippen molar-refractivity contribution in [3.63, 3.8) is 0 Å². The van der Waals surface area contributed by atoms with Crippen molar-refractivity contribution in [2.24, 2.45) is 0 Å². The molecule has 18 heavy (non-hydrogen) atoms. The lowest BCUT2D eigenvalue weighted by molar-refractivity contribution is -0.275. The van der Waals surface area contributed by atoms with Crippen LogP contribution in [0.2, 0.25) is 0 Å². The van der Waals surface area contributed by atoms with Gasteiger partial charge in [0, 0.05) is 4.90 Å². The van der Waals surface area contributed by atoms with E-state index in [4.69, 9.17) is 5.26 Å². The number of nitrogens with zero attached hydrogens (tertiary/aromatic N) is 1. The molecule has 0 saturated heterocycles. The molecule has 96 valence electrons. The van der Waals surface area contributed by atoms with Crippen molar-refractivity contribution in [1.82, 2.24) is 0 Å². The summed E-state index contributed by atoms with van der Waals surface area (Å²) in [5.74, 6) is -1.61. The number of carbonyl (C=O) groups excluding carboxylic acids is 1. The third-order valence-corrected chi connectivity index (χ3v) is 2.20. The van der Waals surface area contributed by atoms with Gasteiger partial charge in [-0.3, -0.25) is 0 Å². The molecule has 0 amide bonds. The summed E-state index contributed by atoms with van der Waals surface area (Å²) < 4.78 is 44.3. The number of hydrogen-bond acceptors (Lipinski definition) is 5. The van der Waals surface area contributed by atoms with E-state index in [1.165, 1.54) is 0 Å². The SMILES string of the molecule is COC(=O)c1cc(OC(F)(F)F)c(S)cc1C#N. The first kappa shape index (κ1) is 14.2. The van der Waals surface area contributed by atoms with Crippen molar-refractivity contribution in [1.29, 1.82) is 5.26 Å². The summed E-state index contributed by atoms with van der Waals surface area (Å²) in [6.45, 7) is 0. The maximum atomic E-state index is 12.1. The first-order chi connectivity index (χ1) is 8.28. The highest BCUT2D eigenvalue weighted by molar-refractivity contribution is 7.80. The third-order valence-electron chi connectivity index (χ3n) is 1.85. The van der Waals surface area contributed by atoms with Crippen LogP contribution < -0.4 is 4.74 Å². The fraction of sp³-hybridized carbons (Fsp3) is 0.200. The second-order valence-corrected chi connectivity index (χ2v) is 3.50. The molecule has 0 aromatic heterocycles. The van der Waals surface area contributed by atoms with E-state index in [-0.39, 0.29) is 16.0 Å². The Morgan fingerprint density at radius 2 is 2.06 bits per heavy atom. The van der Waals surface area contributed by atoms with Crippen molar-refractivity contribution in [3.05, 3.63) is 23.3 Å². The zero-order chi connectivity index (χ0) is 13.9. The molecule has 0 aliphatic rings. The number of nitriles is 1. The van der Waals surface area contributed by atoms with E-state index in [1.54, 1.807) is 6.07 Å². The minimum absolute atomic E-state index is 0.152. The van der Waals surface area contributed by atoms with E-state index >= 15 is 0 Å². The highest BCUT2D eigenvalue weighted by Crippen LogP contribution is 2.31. The molecule has 8 heteroatoms. The van der Waals surface area contributed by atoms with E-state index in [0.29, 0.717) is 0 Å². The number of benzene rings is 1. The Balaban J connectivity index is 3.31. The van der Waals surface area contributed by atoms with Crippen LogP contribution >= 0.6 is 12.6 Å². The monoisotopic (exact) mass is 277 g/mol. The zero-order valence-corrected chi connectivity index (χ0v) is 9.80. The van der Waals surface area contributed by atoms with Gasteiger partial charge in [0.25, 0.3) is 0 Å². The van der Waals surface area contributed by atoms with E-state index < -0.39 is 18.1 Å². The normalized spacial score (nSPS) is 10.7. The van der Waals surface area contributed by atoms with Gasteiger partial charge in [0.15, 0.2) is 0 Å². The fourth-order valence-electron chi connectivity index (χ4n) is 1.15. The summed E-state index contributed by atoms with van der Waals surface area (Å²) in [6, 6.07) is 3.42. The van der Waals surface area contributed by atoms with Gasteiger partial charge in [0.2, 0.25) is 0 Å². The molecule has 0 heterocycles. The van der Waals surface area contributed by atoms with Gasteiger partial charge in [-0.1, -0.05) is 0 Å². The first-order valence-electron chi connectivity index (χ1n) is 4.39. The van der Waals surface area contributed by atoms with Gasteiger partial charge in [-0.15, -0.1) is 25.8 Å². The van der Waals surface area contributed by atoms with Gasteiger partial charge in [-0.25, -0.2) is 4.79 Å². The lowest BCUT2D eigenvalue weighted by atomic mass is 10.1. The fourth-order valence-corrected chi connectivity index (χ4v) is 1.39. The van der Waals surface area contributed by atoms with Crippen molar-refractivity contribution < 1.29 is 27.4 Å². The molecule has 4 nitrogen and oxygen atoms in total. The number of esters is 1. The van der Waals surface area contributed by atoms with Gasteiger partial charge in [0.1, 0.15) is 11.8 Å². The Bertz CT molecular complexity index is 522. The number of rotatable bonds is 2. The smallest absolute Gasteiger partial charge is 0.465 e. The van der Waals surface area contributed by atoms with Gasteiger partial charge in [-0.2, -0.15) is 5.26 Å². The van der Waals surface area contributed by atoms with Crippen molar-refractivity contribution in [2.75, 3.05) is 7.11 Å². The molecule has 1 aromatic carbocycles. The zero-order valence-electron chi connectivity index (χ0n) is 8.91. The average Bonchev–Trinajstić information content (AvgIpc) is 2.28. The van der Waals surface area contributed by atoms with Gasteiger partial charge < -0.3 is 9.47 Å². The summed E-state index contributed by atoms with van der Waals surface area (Å²) >= 11 is 3.75. The molecule has 0 spiro atoms. The number of ether oxygens (including phenoxy) is 2. The first-order valence-corrected chi connectivity index (χ1v) is 4.84. The minimum Gasteiger partial charge on any atom is -0.465 e. The van der Waals surface area contributed by atoms with Gasteiger partial charge in [0.05, 0.1) is 18.2 Å².